The van der Waals surface area contributed by atoms with Crippen LogP contribution in [0.3, 0.4) is 0 Å². The van der Waals surface area contributed by atoms with E-state index in [1.165, 1.54) is 29.2 Å². The summed E-state index contributed by atoms with van der Waals surface area (Å²) in [5.41, 5.74) is 5.91. The summed E-state index contributed by atoms with van der Waals surface area (Å²) < 4.78 is 6.03. The third-order valence-corrected chi connectivity index (χ3v) is 6.46. The lowest BCUT2D eigenvalue weighted by Gasteiger charge is -2.40. The number of hydrogen-bond donors (Lipinski definition) is 5. The van der Waals surface area contributed by atoms with E-state index in [4.69, 9.17) is 4.74 Å². The quantitative estimate of drug-likeness (QED) is 0.497. The van der Waals surface area contributed by atoms with Gasteiger partial charge in [-0.2, -0.15) is 0 Å². The molecule has 5 N–H and O–H groups in total. The standard InChI is InChI=1S/C26H31N3O3/c1-15(2)32-26-28-24(27-25(29-26)22-10-9-21(30)14-23(22)31)19-8-7-18-11-16-5-3-4-6-17(16)12-20(18)13-19/h3,5,7-11,13-15,17,24-31H,4,6,12H2,1-2H3. The van der Waals surface area contributed by atoms with Gasteiger partial charge < -0.3 is 14.9 Å². The van der Waals surface area contributed by atoms with E-state index in [1.807, 2.05) is 13.8 Å². The number of allylic oxidation sites excluding steroid dienone is 3. The summed E-state index contributed by atoms with van der Waals surface area (Å²) in [6.07, 6.45) is 9.43. The Hall–Kier alpha value is -2.64. The SMILES string of the molecule is CC(C)OC1NC(c2ccc3c(c2)CC2CCC=CC2=C3)NC(c2ccc(O)cc2O)N1. The average molecular weight is 434 g/mol. The van der Waals surface area contributed by atoms with Crippen molar-refractivity contribution in [2.45, 2.75) is 57.9 Å². The first-order valence-electron chi connectivity index (χ1n) is 11.4. The number of fused-ring (bicyclic) bond motifs is 2. The molecule has 0 bridgehead atoms. The predicted octanol–water partition coefficient (Wildman–Crippen LogP) is 4.19. The maximum atomic E-state index is 10.4. The lowest BCUT2D eigenvalue weighted by atomic mass is 9.78. The summed E-state index contributed by atoms with van der Waals surface area (Å²) >= 11 is 0. The second-order valence-corrected chi connectivity index (χ2v) is 9.16. The molecule has 4 unspecified atom stereocenters. The second-order valence-electron chi connectivity index (χ2n) is 9.16. The van der Waals surface area contributed by atoms with Crippen LogP contribution in [0.2, 0.25) is 0 Å². The molecule has 1 heterocycles. The largest absolute Gasteiger partial charge is 0.508 e. The van der Waals surface area contributed by atoms with Crippen molar-refractivity contribution >= 4 is 6.08 Å². The molecule has 1 saturated heterocycles. The number of aromatic hydroxyl groups is 2. The van der Waals surface area contributed by atoms with Gasteiger partial charge in [-0.05, 0) is 73.4 Å². The number of benzene rings is 2. The van der Waals surface area contributed by atoms with Crippen LogP contribution in [0.25, 0.3) is 6.08 Å². The first-order chi connectivity index (χ1) is 15.5. The summed E-state index contributed by atoms with van der Waals surface area (Å²) in [4.78, 5) is 0. The van der Waals surface area contributed by atoms with Crippen LogP contribution >= 0.6 is 0 Å². The van der Waals surface area contributed by atoms with E-state index in [-0.39, 0.29) is 29.9 Å². The normalized spacial score (nSPS) is 27.0. The maximum absolute atomic E-state index is 10.4. The topological polar surface area (TPSA) is 85.8 Å². The van der Waals surface area contributed by atoms with Gasteiger partial charge in [-0.3, -0.25) is 16.0 Å². The van der Waals surface area contributed by atoms with Crippen LogP contribution in [0.4, 0.5) is 0 Å². The molecule has 6 nitrogen and oxygen atoms in total. The molecular formula is C26H31N3O3. The summed E-state index contributed by atoms with van der Waals surface area (Å²) in [6, 6.07) is 11.3. The van der Waals surface area contributed by atoms with Gasteiger partial charge in [0, 0.05) is 11.6 Å². The van der Waals surface area contributed by atoms with E-state index in [9.17, 15) is 10.2 Å². The molecule has 3 aliphatic rings. The van der Waals surface area contributed by atoms with E-state index in [0.29, 0.717) is 11.5 Å². The van der Waals surface area contributed by atoms with Gasteiger partial charge in [0.25, 0.3) is 0 Å². The van der Waals surface area contributed by atoms with E-state index in [2.05, 4.69) is 52.4 Å². The summed E-state index contributed by atoms with van der Waals surface area (Å²) in [5, 5.41) is 30.5. The molecule has 5 rings (SSSR count). The molecule has 32 heavy (non-hydrogen) atoms. The van der Waals surface area contributed by atoms with Crippen LogP contribution in [0, 0.1) is 5.92 Å². The van der Waals surface area contributed by atoms with Crippen LogP contribution < -0.4 is 16.0 Å². The highest BCUT2D eigenvalue weighted by Gasteiger charge is 2.32. The fraction of sp³-hybridized carbons (Fsp3) is 0.385. The van der Waals surface area contributed by atoms with Gasteiger partial charge in [-0.15, -0.1) is 0 Å². The van der Waals surface area contributed by atoms with E-state index < -0.39 is 6.35 Å². The first-order valence-corrected chi connectivity index (χ1v) is 11.4. The van der Waals surface area contributed by atoms with Crippen molar-refractivity contribution in [3.63, 3.8) is 0 Å². The third-order valence-electron chi connectivity index (χ3n) is 6.46. The molecule has 2 aromatic carbocycles. The minimum absolute atomic E-state index is 0.0271. The van der Waals surface area contributed by atoms with Crippen LogP contribution in [-0.2, 0) is 11.2 Å². The zero-order valence-corrected chi connectivity index (χ0v) is 18.5. The highest BCUT2D eigenvalue weighted by Crippen LogP contribution is 2.36. The van der Waals surface area contributed by atoms with Crippen molar-refractivity contribution in [2.24, 2.45) is 5.92 Å². The van der Waals surface area contributed by atoms with Gasteiger partial charge in [-0.1, -0.05) is 36.4 Å². The minimum atomic E-state index is -0.398. The number of rotatable bonds is 4. The van der Waals surface area contributed by atoms with Crippen molar-refractivity contribution in [1.29, 1.82) is 0 Å². The van der Waals surface area contributed by atoms with E-state index in [1.54, 1.807) is 12.1 Å². The van der Waals surface area contributed by atoms with Gasteiger partial charge in [0.05, 0.1) is 18.4 Å². The molecule has 0 spiro atoms. The van der Waals surface area contributed by atoms with Gasteiger partial charge in [0.2, 0.25) is 0 Å². The van der Waals surface area contributed by atoms with Crippen molar-refractivity contribution in [2.75, 3.05) is 0 Å². The molecule has 4 atom stereocenters. The summed E-state index contributed by atoms with van der Waals surface area (Å²) in [6.45, 7) is 3.99. The zero-order chi connectivity index (χ0) is 22.2. The lowest BCUT2D eigenvalue weighted by molar-refractivity contribution is -0.0692. The van der Waals surface area contributed by atoms with Crippen LogP contribution in [-0.4, -0.2) is 22.7 Å². The number of phenols is 2. The Kier molecular flexibility index (Phi) is 5.78. The monoisotopic (exact) mass is 433 g/mol. The Bertz CT molecular complexity index is 1060. The Morgan fingerprint density at radius 2 is 1.84 bits per heavy atom. The summed E-state index contributed by atoms with van der Waals surface area (Å²) in [7, 11) is 0. The fourth-order valence-electron chi connectivity index (χ4n) is 4.89. The van der Waals surface area contributed by atoms with Gasteiger partial charge in [0.15, 0.2) is 6.35 Å². The van der Waals surface area contributed by atoms with E-state index >= 15 is 0 Å². The van der Waals surface area contributed by atoms with Crippen LogP contribution in [0.5, 0.6) is 11.5 Å². The van der Waals surface area contributed by atoms with Crippen molar-refractivity contribution in [1.82, 2.24) is 16.0 Å². The van der Waals surface area contributed by atoms with E-state index in [0.717, 1.165) is 18.4 Å². The molecule has 6 heteroatoms. The molecule has 1 fully saturated rings. The van der Waals surface area contributed by atoms with Crippen LogP contribution in [0.1, 0.15) is 61.3 Å². The molecule has 2 aromatic rings. The van der Waals surface area contributed by atoms with Crippen molar-refractivity contribution in [3.05, 3.63) is 76.4 Å². The fourth-order valence-corrected chi connectivity index (χ4v) is 4.89. The minimum Gasteiger partial charge on any atom is -0.508 e. The lowest BCUT2D eigenvalue weighted by Crippen LogP contribution is -2.60. The van der Waals surface area contributed by atoms with Crippen molar-refractivity contribution < 1.29 is 14.9 Å². The Labute approximate surface area is 189 Å². The first kappa shape index (κ1) is 21.2. The molecular weight excluding hydrogens is 402 g/mol. The molecule has 2 aliphatic carbocycles. The van der Waals surface area contributed by atoms with Gasteiger partial charge >= 0.3 is 0 Å². The Morgan fingerprint density at radius 1 is 1.00 bits per heavy atom. The third kappa shape index (κ3) is 4.32. The molecule has 168 valence electrons. The maximum Gasteiger partial charge on any atom is 0.166 e. The Balaban J connectivity index is 1.44. The van der Waals surface area contributed by atoms with Gasteiger partial charge in [0.1, 0.15) is 11.5 Å². The highest BCUT2D eigenvalue weighted by molar-refractivity contribution is 5.64. The Morgan fingerprint density at radius 3 is 2.66 bits per heavy atom. The molecule has 0 aromatic heterocycles. The predicted molar refractivity (Wildman–Crippen MR) is 125 cm³/mol. The second kappa shape index (κ2) is 8.71. The number of phenolic OH excluding ortho intramolecular Hbond substituents is 2. The number of ether oxygens (including phenoxy) is 1. The number of hydrogen-bond acceptors (Lipinski definition) is 6. The molecule has 0 radical (unpaired) electrons. The van der Waals surface area contributed by atoms with Crippen molar-refractivity contribution in [3.8, 4) is 11.5 Å². The summed E-state index contributed by atoms with van der Waals surface area (Å²) in [5.74, 6) is 0.675. The zero-order valence-electron chi connectivity index (χ0n) is 18.5. The smallest absolute Gasteiger partial charge is 0.166 e. The number of nitrogens with one attached hydrogen (secondary N) is 3. The van der Waals surface area contributed by atoms with Crippen LogP contribution in [0.15, 0.2) is 54.1 Å². The molecule has 0 saturated carbocycles. The highest BCUT2D eigenvalue weighted by atomic mass is 16.5. The van der Waals surface area contributed by atoms with Gasteiger partial charge in [-0.25, -0.2) is 0 Å². The molecule has 0 amide bonds. The molecule has 1 aliphatic heterocycles. The average Bonchev–Trinajstić information content (AvgIpc) is 2.76.